The van der Waals surface area contributed by atoms with E-state index in [2.05, 4.69) is 25.3 Å². The number of H-pyrrole nitrogens is 1. The van der Waals surface area contributed by atoms with Gasteiger partial charge in [0.25, 0.3) is 5.91 Å². The topological polar surface area (TPSA) is 105 Å². The molecule has 172 valence electrons. The van der Waals surface area contributed by atoms with Crippen molar-refractivity contribution in [1.29, 1.82) is 0 Å². The summed E-state index contributed by atoms with van der Waals surface area (Å²) in [5.74, 6) is -0.351. The predicted molar refractivity (Wildman–Crippen MR) is 127 cm³/mol. The van der Waals surface area contributed by atoms with Crippen LogP contribution >= 0.6 is 11.6 Å². The number of fused-ring (bicyclic) bond motifs is 1. The molecule has 4 N–H and O–H groups in total. The highest BCUT2D eigenvalue weighted by molar-refractivity contribution is 6.35. The van der Waals surface area contributed by atoms with Crippen molar-refractivity contribution in [3.8, 4) is 0 Å². The van der Waals surface area contributed by atoms with E-state index in [0.717, 1.165) is 30.5 Å². The summed E-state index contributed by atoms with van der Waals surface area (Å²) in [5, 5.41) is 8.34. The molecule has 8 nitrogen and oxygen atoms in total. The van der Waals surface area contributed by atoms with Crippen LogP contribution in [-0.2, 0) is 6.54 Å². The summed E-state index contributed by atoms with van der Waals surface area (Å²) in [6, 6.07) is 0.0640. The van der Waals surface area contributed by atoms with Gasteiger partial charge in [-0.2, -0.15) is 5.10 Å². The summed E-state index contributed by atoms with van der Waals surface area (Å²) in [7, 11) is 0. The van der Waals surface area contributed by atoms with Crippen LogP contribution in [0.5, 0.6) is 0 Å². The number of hydrogen-bond acceptors (Lipinski definition) is 5. The molecule has 2 atom stereocenters. The third-order valence-corrected chi connectivity index (χ3v) is 6.35. The minimum atomic E-state index is -1.52. The zero-order valence-corrected chi connectivity index (χ0v) is 18.7. The first kappa shape index (κ1) is 21.7. The van der Waals surface area contributed by atoms with Gasteiger partial charge < -0.3 is 20.9 Å². The maximum Gasteiger partial charge on any atom is 0.258 e. The standard InChI is InChI=1S/C23H25ClFN7O/c24-17-10-27-21-19(20(17)31-8-4-5-16(26)13-31)18(11-28-21)30-22(33)15-9-29-32(12-15)14-23(25)6-2-1-3-7-23/h1-3,6,9-12,16H,4-5,7-8,13-14,26H2,(H,27,28)(H,30,33)/t16-,23?/m1/s1. The number of alkyl halides is 1. The number of piperidine rings is 1. The summed E-state index contributed by atoms with van der Waals surface area (Å²) in [4.78, 5) is 22.6. The van der Waals surface area contributed by atoms with Crippen molar-refractivity contribution >= 4 is 39.9 Å². The number of allylic oxidation sites excluding steroid dienone is 4. The van der Waals surface area contributed by atoms with Crippen LogP contribution in [0.3, 0.4) is 0 Å². The Kier molecular flexibility index (Phi) is 5.67. The molecule has 1 aliphatic heterocycles. The quantitative estimate of drug-likeness (QED) is 0.527. The van der Waals surface area contributed by atoms with Crippen molar-refractivity contribution in [3.63, 3.8) is 0 Å². The fourth-order valence-electron chi connectivity index (χ4n) is 4.46. The third-order valence-electron chi connectivity index (χ3n) is 6.07. The lowest BCUT2D eigenvalue weighted by molar-refractivity contribution is 0.102. The van der Waals surface area contributed by atoms with Crippen LogP contribution in [0.2, 0.25) is 5.02 Å². The highest BCUT2D eigenvalue weighted by atomic mass is 35.5. The summed E-state index contributed by atoms with van der Waals surface area (Å²) in [5.41, 5.74) is 6.99. The van der Waals surface area contributed by atoms with E-state index in [9.17, 15) is 9.18 Å². The van der Waals surface area contributed by atoms with Crippen LogP contribution in [-0.4, -0.2) is 50.5 Å². The van der Waals surface area contributed by atoms with E-state index in [0.29, 0.717) is 28.5 Å². The number of rotatable bonds is 5. The Morgan fingerprint density at radius 3 is 3.06 bits per heavy atom. The monoisotopic (exact) mass is 469 g/mol. The number of halogens is 2. The van der Waals surface area contributed by atoms with Gasteiger partial charge in [-0.15, -0.1) is 0 Å². The number of pyridine rings is 1. The van der Waals surface area contributed by atoms with E-state index in [-0.39, 0.29) is 24.9 Å². The van der Waals surface area contributed by atoms with Gasteiger partial charge in [-0.3, -0.25) is 9.48 Å². The molecule has 10 heteroatoms. The molecule has 4 heterocycles. The number of aromatic amines is 1. The molecular weight excluding hydrogens is 445 g/mol. The number of anilines is 2. The lowest BCUT2D eigenvalue weighted by Gasteiger charge is -2.33. The number of nitrogens with two attached hydrogens (primary N) is 1. The fourth-order valence-corrected chi connectivity index (χ4v) is 4.73. The molecule has 0 aromatic carbocycles. The normalized spacial score (nSPS) is 22.8. The molecule has 2 aliphatic rings. The Morgan fingerprint density at radius 2 is 2.27 bits per heavy atom. The maximum atomic E-state index is 14.9. The van der Waals surface area contributed by atoms with Gasteiger partial charge in [0, 0.05) is 37.9 Å². The van der Waals surface area contributed by atoms with Crippen LogP contribution in [0.1, 0.15) is 29.6 Å². The minimum Gasteiger partial charge on any atom is -0.368 e. The van der Waals surface area contributed by atoms with Gasteiger partial charge in [0.05, 0.1) is 46.3 Å². The Morgan fingerprint density at radius 1 is 1.39 bits per heavy atom. The molecule has 5 rings (SSSR count). The zero-order chi connectivity index (χ0) is 23.0. The second-order valence-electron chi connectivity index (χ2n) is 8.64. The number of carbonyl (C=O) groups excluding carboxylic acids is 1. The van der Waals surface area contributed by atoms with Crippen molar-refractivity contribution in [2.45, 2.75) is 37.5 Å². The van der Waals surface area contributed by atoms with Crippen LogP contribution < -0.4 is 16.0 Å². The van der Waals surface area contributed by atoms with Gasteiger partial charge >= 0.3 is 0 Å². The molecule has 0 spiro atoms. The lowest BCUT2D eigenvalue weighted by atomic mass is 9.97. The SMILES string of the molecule is N[C@@H]1CCCN(c2c(Cl)cnc3[nH]cc(NC(=O)c4cnn(CC5(F)C=CC=CC5)c4)c23)C1. The van der Waals surface area contributed by atoms with E-state index in [1.807, 2.05) is 6.08 Å². The van der Waals surface area contributed by atoms with E-state index >= 15 is 0 Å². The number of nitrogens with one attached hydrogen (secondary N) is 2. The molecule has 1 fully saturated rings. The average Bonchev–Trinajstić information content (AvgIpc) is 3.41. The third kappa shape index (κ3) is 4.38. The minimum absolute atomic E-state index is 0.0348. The summed E-state index contributed by atoms with van der Waals surface area (Å²) < 4.78 is 16.3. The van der Waals surface area contributed by atoms with E-state index in [1.54, 1.807) is 30.7 Å². The molecule has 3 aromatic rings. The van der Waals surface area contributed by atoms with Crippen molar-refractivity contribution < 1.29 is 9.18 Å². The average molecular weight is 470 g/mol. The Balaban J connectivity index is 1.39. The second kappa shape index (κ2) is 8.64. The maximum absolute atomic E-state index is 14.9. The first-order valence-electron chi connectivity index (χ1n) is 10.9. The Bertz CT molecular complexity index is 1250. The van der Waals surface area contributed by atoms with Gasteiger partial charge in [0.15, 0.2) is 5.67 Å². The molecule has 0 saturated carbocycles. The summed E-state index contributed by atoms with van der Waals surface area (Å²) in [6.07, 6.45) is 15.3. The first-order chi connectivity index (χ1) is 15.9. The largest absolute Gasteiger partial charge is 0.368 e. The molecule has 0 bridgehead atoms. The second-order valence-corrected chi connectivity index (χ2v) is 9.04. The molecular formula is C23H25ClFN7O. The highest BCUT2D eigenvalue weighted by Gasteiger charge is 2.28. The first-order valence-corrected chi connectivity index (χ1v) is 11.3. The Labute approximate surface area is 195 Å². The fraction of sp³-hybridized carbons (Fsp3) is 0.348. The van der Waals surface area contributed by atoms with Crippen LogP contribution in [0, 0.1) is 0 Å². The molecule has 33 heavy (non-hydrogen) atoms. The van der Waals surface area contributed by atoms with Crippen LogP contribution in [0.25, 0.3) is 11.0 Å². The van der Waals surface area contributed by atoms with Crippen LogP contribution in [0.15, 0.2) is 49.1 Å². The van der Waals surface area contributed by atoms with E-state index in [1.165, 1.54) is 17.0 Å². The van der Waals surface area contributed by atoms with Gasteiger partial charge in [-0.05, 0) is 18.9 Å². The van der Waals surface area contributed by atoms with Crippen molar-refractivity contribution in [2.24, 2.45) is 5.73 Å². The van der Waals surface area contributed by atoms with Crippen molar-refractivity contribution in [1.82, 2.24) is 19.7 Å². The van der Waals surface area contributed by atoms with Crippen molar-refractivity contribution in [2.75, 3.05) is 23.3 Å². The predicted octanol–water partition coefficient (Wildman–Crippen LogP) is 3.82. The number of amides is 1. The number of hydrogen-bond donors (Lipinski definition) is 3. The van der Waals surface area contributed by atoms with Gasteiger partial charge in [-0.25, -0.2) is 9.37 Å². The van der Waals surface area contributed by atoms with Gasteiger partial charge in [-0.1, -0.05) is 29.8 Å². The molecule has 1 unspecified atom stereocenters. The summed E-state index contributed by atoms with van der Waals surface area (Å²) in [6.45, 7) is 1.54. The summed E-state index contributed by atoms with van der Waals surface area (Å²) >= 11 is 6.54. The molecule has 1 amide bonds. The van der Waals surface area contributed by atoms with E-state index in [4.69, 9.17) is 17.3 Å². The molecule has 3 aromatic heterocycles. The van der Waals surface area contributed by atoms with Crippen LogP contribution in [0.4, 0.5) is 15.8 Å². The number of aromatic nitrogens is 4. The molecule has 1 saturated heterocycles. The zero-order valence-electron chi connectivity index (χ0n) is 18.0. The lowest BCUT2D eigenvalue weighted by Crippen LogP contribution is -2.43. The highest BCUT2D eigenvalue weighted by Crippen LogP contribution is 2.38. The van der Waals surface area contributed by atoms with Crippen molar-refractivity contribution in [3.05, 3.63) is 59.7 Å². The number of nitrogens with zero attached hydrogens (tertiary/aromatic N) is 4. The van der Waals surface area contributed by atoms with E-state index < -0.39 is 5.67 Å². The molecule has 0 radical (unpaired) electrons. The number of carbonyl (C=O) groups is 1. The Hall–Kier alpha value is -3.17. The van der Waals surface area contributed by atoms with Gasteiger partial charge in [0.1, 0.15) is 5.65 Å². The molecule has 1 aliphatic carbocycles. The smallest absolute Gasteiger partial charge is 0.258 e. The van der Waals surface area contributed by atoms with Gasteiger partial charge in [0.2, 0.25) is 0 Å².